The molecule has 7 heteroatoms. The minimum absolute atomic E-state index is 0. The van der Waals surface area contributed by atoms with Gasteiger partial charge in [0, 0.05) is 44.3 Å². The van der Waals surface area contributed by atoms with Gasteiger partial charge in [-0.1, -0.05) is 0 Å². The van der Waals surface area contributed by atoms with Gasteiger partial charge in [-0.25, -0.2) is 9.97 Å². The Morgan fingerprint density at radius 2 is 1.90 bits per heavy atom. The number of halogens is 1. The van der Waals surface area contributed by atoms with Crippen LogP contribution < -0.4 is 15.4 Å². The molecule has 1 aliphatic heterocycles. The van der Waals surface area contributed by atoms with Crippen LogP contribution in [0.3, 0.4) is 0 Å². The SMILES string of the molecule is COc1cc(N2CCN(CC(C)(C)N)CC2)ncn1.Cl. The Morgan fingerprint density at radius 3 is 2.45 bits per heavy atom. The van der Waals surface area contributed by atoms with Gasteiger partial charge in [0.2, 0.25) is 5.88 Å². The van der Waals surface area contributed by atoms with Gasteiger partial charge >= 0.3 is 0 Å². The van der Waals surface area contributed by atoms with E-state index in [1.54, 1.807) is 13.4 Å². The second-order valence-electron chi connectivity index (χ2n) is 5.67. The van der Waals surface area contributed by atoms with E-state index in [1.807, 2.05) is 6.07 Å². The van der Waals surface area contributed by atoms with Crippen LogP contribution in [0, 0.1) is 0 Å². The first-order chi connectivity index (χ1) is 8.98. The topological polar surface area (TPSA) is 67.5 Å². The summed E-state index contributed by atoms with van der Waals surface area (Å²) in [5.41, 5.74) is 5.92. The van der Waals surface area contributed by atoms with E-state index >= 15 is 0 Å². The lowest BCUT2D eigenvalue weighted by atomic mass is 10.1. The van der Waals surface area contributed by atoms with Crippen molar-refractivity contribution < 1.29 is 4.74 Å². The average Bonchev–Trinajstić information content (AvgIpc) is 2.38. The van der Waals surface area contributed by atoms with Crippen molar-refractivity contribution >= 4 is 18.2 Å². The lowest BCUT2D eigenvalue weighted by molar-refractivity contribution is 0.214. The fraction of sp³-hybridized carbons (Fsp3) is 0.692. The van der Waals surface area contributed by atoms with Crippen LogP contribution in [0.5, 0.6) is 5.88 Å². The Hall–Kier alpha value is -1.11. The Balaban J connectivity index is 0.00000200. The molecule has 0 aliphatic carbocycles. The second-order valence-corrected chi connectivity index (χ2v) is 5.67. The van der Waals surface area contributed by atoms with Gasteiger partial charge < -0.3 is 15.4 Å². The van der Waals surface area contributed by atoms with Crippen molar-refractivity contribution in [3.05, 3.63) is 12.4 Å². The van der Waals surface area contributed by atoms with Crippen LogP contribution in [0.4, 0.5) is 5.82 Å². The van der Waals surface area contributed by atoms with E-state index in [4.69, 9.17) is 10.5 Å². The van der Waals surface area contributed by atoms with Crippen molar-refractivity contribution in [1.82, 2.24) is 14.9 Å². The summed E-state index contributed by atoms with van der Waals surface area (Å²) >= 11 is 0. The first kappa shape index (κ1) is 16.9. The molecule has 1 aromatic heterocycles. The number of hydrogen-bond acceptors (Lipinski definition) is 6. The highest BCUT2D eigenvalue weighted by Gasteiger charge is 2.22. The Labute approximate surface area is 126 Å². The van der Waals surface area contributed by atoms with Crippen molar-refractivity contribution in [2.24, 2.45) is 5.73 Å². The first-order valence-corrected chi connectivity index (χ1v) is 6.60. The predicted octanol–water partition coefficient (Wildman–Crippen LogP) is 0.766. The molecule has 0 spiro atoms. The average molecular weight is 302 g/mol. The van der Waals surface area contributed by atoms with Crippen LogP contribution in [0.15, 0.2) is 12.4 Å². The van der Waals surface area contributed by atoms with E-state index in [9.17, 15) is 0 Å². The van der Waals surface area contributed by atoms with Gasteiger partial charge in [-0.05, 0) is 13.8 Å². The molecule has 0 amide bonds. The molecule has 2 N–H and O–H groups in total. The zero-order valence-electron chi connectivity index (χ0n) is 12.4. The van der Waals surface area contributed by atoms with Crippen LogP contribution in [0.1, 0.15) is 13.8 Å². The zero-order chi connectivity index (χ0) is 13.9. The standard InChI is InChI=1S/C13H23N5O.ClH/c1-13(2,14)9-17-4-6-18(7-5-17)11-8-12(19-3)16-10-15-11;/h8,10H,4-7,9,14H2,1-3H3;1H. The minimum Gasteiger partial charge on any atom is -0.481 e. The Morgan fingerprint density at radius 1 is 1.25 bits per heavy atom. The van der Waals surface area contributed by atoms with Gasteiger partial charge in [-0.15, -0.1) is 12.4 Å². The van der Waals surface area contributed by atoms with E-state index in [0.717, 1.165) is 38.5 Å². The van der Waals surface area contributed by atoms with Gasteiger partial charge in [0.05, 0.1) is 7.11 Å². The van der Waals surface area contributed by atoms with Crippen molar-refractivity contribution in [2.75, 3.05) is 44.7 Å². The molecule has 0 bridgehead atoms. The van der Waals surface area contributed by atoms with Gasteiger partial charge in [-0.2, -0.15) is 0 Å². The van der Waals surface area contributed by atoms with Gasteiger partial charge in [0.15, 0.2) is 0 Å². The van der Waals surface area contributed by atoms with Gasteiger partial charge in [0.1, 0.15) is 12.1 Å². The first-order valence-electron chi connectivity index (χ1n) is 6.60. The molecule has 1 aliphatic rings. The van der Waals surface area contributed by atoms with Crippen LogP contribution in [0.2, 0.25) is 0 Å². The predicted molar refractivity (Wildman–Crippen MR) is 82.8 cm³/mol. The summed E-state index contributed by atoms with van der Waals surface area (Å²) in [7, 11) is 1.62. The Kier molecular flexibility index (Phi) is 5.98. The highest BCUT2D eigenvalue weighted by molar-refractivity contribution is 5.85. The number of hydrogen-bond donors (Lipinski definition) is 1. The molecule has 6 nitrogen and oxygen atoms in total. The van der Waals surface area contributed by atoms with Crippen LogP contribution in [-0.2, 0) is 0 Å². The molecular weight excluding hydrogens is 278 g/mol. The molecule has 0 unspecified atom stereocenters. The number of anilines is 1. The number of methoxy groups -OCH3 is 1. The summed E-state index contributed by atoms with van der Waals surface area (Å²) in [6.45, 7) is 8.98. The van der Waals surface area contributed by atoms with E-state index in [1.165, 1.54) is 0 Å². The maximum atomic E-state index is 6.06. The van der Waals surface area contributed by atoms with Crippen LogP contribution >= 0.6 is 12.4 Å². The summed E-state index contributed by atoms with van der Waals surface area (Å²) in [4.78, 5) is 13.0. The molecule has 0 radical (unpaired) electrons. The monoisotopic (exact) mass is 301 g/mol. The van der Waals surface area contributed by atoms with Crippen molar-refractivity contribution in [1.29, 1.82) is 0 Å². The summed E-state index contributed by atoms with van der Waals surface area (Å²) in [5.74, 6) is 1.54. The minimum atomic E-state index is -0.139. The third kappa shape index (κ3) is 4.77. The van der Waals surface area contributed by atoms with Crippen molar-refractivity contribution in [2.45, 2.75) is 19.4 Å². The van der Waals surface area contributed by atoms with Crippen LogP contribution in [0.25, 0.3) is 0 Å². The van der Waals surface area contributed by atoms with E-state index in [0.29, 0.717) is 5.88 Å². The fourth-order valence-electron chi connectivity index (χ4n) is 2.33. The molecule has 0 atom stereocenters. The van der Waals surface area contributed by atoms with Crippen LogP contribution in [-0.4, -0.2) is 60.2 Å². The number of rotatable bonds is 4. The summed E-state index contributed by atoms with van der Waals surface area (Å²) in [6, 6.07) is 1.88. The van der Waals surface area contributed by atoms with E-state index in [-0.39, 0.29) is 17.9 Å². The molecule has 1 fully saturated rings. The number of nitrogens with two attached hydrogens (primary N) is 1. The number of aromatic nitrogens is 2. The quantitative estimate of drug-likeness (QED) is 0.886. The molecule has 20 heavy (non-hydrogen) atoms. The highest BCUT2D eigenvalue weighted by Crippen LogP contribution is 2.17. The summed E-state index contributed by atoms with van der Waals surface area (Å²) in [6.07, 6.45) is 1.55. The number of piperazine rings is 1. The molecule has 1 saturated heterocycles. The third-order valence-corrected chi connectivity index (χ3v) is 3.16. The second kappa shape index (κ2) is 7.06. The van der Waals surface area contributed by atoms with Gasteiger partial charge in [-0.3, -0.25) is 4.90 Å². The summed E-state index contributed by atoms with van der Waals surface area (Å²) < 4.78 is 5.13. The fourth-order valence-corrected chi connectivity index (χ4v) is 2.33. The smallest absolute Gasteiger partial charge is 0.218 e. The normalized spacial score (nSPS) is 16.7. The van der Waals surface area contributed by atoms with Crippen molar-refractivity contribution in [3.63, 3.8) is 0 Å². The lowest BCUT2D eigenvalue weighted by Crippen LogP contribution is -2.53. The summed E-state index contributed by atoms with van der Waals surface area (Å²) in [5, 5.41) is 0. The lowest BCUT2D eigenvalue weighted by Gasteiger charge is -2.38. The third-order valence-electron chi connectivity index (χ3n) is 3.16. The highest BCUT2D eigenvalue weighted by atomic mass is 35.5. The maximum Gasteiger partial charge on any atom is 0.218 e. The molecule has 0 saturated carbocycles. The molecule has 0 aromatic carbocycles. The van der Waals surface area contributed by atoms with Gasteiger partial charge in [0.25, 0.3) is 0 Å². The molecule has 1 aromatic rings. The van der Waals surface area contributed by atoms with E-state index in [2.05, 4.69) is 33.6 Å². The Bertz CT molecular complexity index is 415. The molecule has 114 valence electrons. The number of ether oxygens (including phenoxy) is 1. The largest absolute Gasteiger partial charge is 0.481 e. The molecular formula is C13H24ClN5O. The zero-order valence-corrected chi connectivity index (χ0v) is 13.2. The molecule has 2 heterocycles. The molecule has 2 rings (SSSR count). The number of nitrogens with zero attached hydrogens (tertiary/aromatic N) is 4. The maximum absolute atomic E-state index is 6.06. The van der Waals surface area contributed by atoms with Crippen molar-refractivity contribution in [3.8, 4) is 5.88 Å². The van der Waals surface area contributed by atoms with E-state index < -0.39 is 0 Å².